The number of fused-ring (bicyclic) bond motifs is 2. The molecule has 0 radical (unpaired) electrons. The molecule has 0 N–H and O–H groups in total. The fourth-order valence-corrected chi connectivity index (χ4v) is 6.62. The fraction of sp³-hybridized carbons (Fsp3) is 0.370. The number of nitrogens with zero attached hydrogens (tertiary/aromatic N) is 5. The number of likely N-dealkylation sites (tertiary alicyclic amines) is 1. The molecule has 1 spiro atoms. The van der Waals surface area contributed by atoms with Crippen LogP contribution in [-0.2, 0) is 45.0 Å². The van der Waals surface area contributed by atoms with Crippen molar-refractivity contribution in [2.24, 2.45) is 7.05 Å². The van der Waals surface area contributed by atoms with Gasteiger partial charge in [-0.05, 0) is 41.8 Å². The van der Waals surface area contributed by atoms with Gasteiger partial charge in [-0.1, -0.05) is 30.3 Å². The number of hydrogen-bond donors (Lipinski definition) is 0. The van der Waals surface area contributed by atoms with Crippen molar-refractivity contribution >= 4 is 27.5 Å². The van der Waals surface area contributed by atoms with Gasteiger partial charge in [0.1, 0.15) is 0 Å². The third-order valence-electron chi connectivity index (χ3n) is 7.45. The van der Waals surface area contributed by atoms with Crippen LogP contribution < -0.4 is 4.90 Å². The van der Waals surface area contributed by atoms with Crippen molar-refractivity contribution in [3.63, 3.8) is 0 Å². The molecule has 0 bridgehead atoms. The minimum absolute atomic E-state index is 0.0249. The lowest BCUT2D eigenvalue weighted by molar-refractivity contribution is -0.127. The van der Waals surface area contributed by atoms with Gasteiger partial charge >= 0.3 is 0 Å². The Morgan fingerprint density at radius 2 is 1.84 bits per heavy atom. The van der Waals surface area contributed by atoms with Gasteiger partial charge in [0.15, 0.2) is 0 Å². The van der Waals surface area contributed by atoms with Crippen molar-refractivity contribution in [2.45, 2.75) is 36.6 Å². The number of amides is 2. The Bertz CT molecular complexity index is 1450. The van der Waals surface area contributed by atoms with E-state index in [1.807, 2.05) is 36.4 Å². The second-order valence-electron chi connectivity index (χ2n) is 10.0. The maximum absolute atomic E-state index is 13.5. The molecule has 1 fully saturated rings. The molecule has 2 aliphatic heterocycles. The van der Waals surface area contributed by atoms with E-state index < -0.39 is 15.4 Å². The molecule has 1 aromatic heterocycles. The Labute approximate surface area is 217 Å². The lowest BCUT2D eigenvalue weighted by Gasteiger charge is -2.26. The normalized spacial score (nSPS) is 19.1. The van der Waals surface area contributed by atoms with Crippen LogP contribution in [0.1, 0.15) is 30.2 Å². The molecule has 1 saturated heterocycles. The highest BCUT2D eigenvalue weighted by Crippen LogP contribution is 2.47. The number of sulfonamides is 1. The predicted molar refractivity (Wildman–Crippen MR) is 139 cm³/mol. The van der Waals surface area contributed by atoms with Gasteiger partial charge in [-0.15, -0.1) is 0 Å². The largest absolute Gasteiger partial charge is 0.342 e. The number of aromatic nitrogens is 2. The van der Waals surface area contributed by atoms with E-state index in [-0.39, 0.29) is 29.7 Å². The topological polar surface area (TPSA) is 95.8 Å². The summed E-state index contributed by atoms with van der Waals surface area (Å²) in [7, 11) is -0.406. The van der Waals surface area contributed by atoms with E-state index in [1.165, 1.54) is 11.2 Å². The molecule has 194 valence electrons. The Morgan fingerprint density at radius 1 is 1.08 bits per heavy atom. The monoisotopic (exact) mass is 521 g/mol. The molecule has 10 heteroatoms. The van der Waals surface area contributed by atoms with Gasteiger partial charge in [-0.25, -0.2) is 8.42 Å². The summed E-state index contributed by atoms with van der Waals surface area (Å²) in [5, 5.41) is 4.33. The summed E-state index contributed by atoms with van der Waals surface area (Å²) in [5.41, 5.74) is 2.57. The summed E-state index contributed by atoms with van der Waals surface area (Å²) < 4.78 is 30.1. The molecule has 3 heterocycles. The van der Waals surface area contributed by atoms with E-state index in [0.717, 1.165) is 11.1 Å². The van der Waals surface area contributed by atoms with E-state index in [1.54, 1.807) is 53.0 Å². The Balaban J connectivity index is 1.49. The van der Waals surface area contributed by atoms with Crippen LogP contribution in [-0.4, -0.2) is 65.9 Å². The highest BCUT2D eigenvalue weighted by Gasteiger charge is 2.49. The van der Waals surface area contributed by atoms with Crippen LogP contribution in [0.25, 0.3) is 0 Å². The third-order valence-corrected chi connectivity index (χ3v) is 9.25. The second kappa shape index (κ2) is 9.42. The first-order valence-corrected chi connectivity index (χ1v) is 13.7. The van der Waals surface area contributed by atoms with Gasteiger partial charge in [0.05, 0.1) is 17.0 Å². The van der Waals surface area contributed by atoms with Crippen LogP contribution in [0.15, 0.2) is 65.7 Å². The Morgan fingerprint density at radius 3 is 2.49 bits per heavy atom. The average Bonchev–Trinajstić information content (AvgIpc) is 3.57. The molecule has 5 rings (SSSR count). The van der Waals surface area contributed by atoms with E-state index in [0.29, 0.717) is 37.4 Å². The SMILES string of the molecule is CC(=O)N1CCC2(C1)CN(C(=O)Cc1ccn(C)n1)c1ccc(S(=O)(=O)N(C)Cc3ccccc3)cc12. The van der Waals surface area contributed by atoms with Crippen molar-refractivity contribution in [1.82, 2.24) is 19.0 Å². The molecular weight excluding hydrogens is 490 g/mol. The van der Waals surface area contributed by atoms with Crippen LogP contribution in [0.4, 0.5) is 5.69 Å². The second-order valence-corrected chi connectivity index (χ2v) is 12.1. The highest BCUT2D eigenvalue weighted by molar-refractivity contribution is 7.89. The number of carbonyl (C=O) groups is 2. The number of carbonyl (C=O) groups excluding carboxylic acids is 2. The highest BCUT2D eigenvalue weighted by atomic mass is 32.2. The first-order valence-electron chi connectivity index (χ1n) is 12.3. The minimum Gasteiger partial charge on any atom is -0.342 e. The number of benzene rings is 2. The Hall–Kier alpha value is -3.50. The molecule has 3 aromatic rings. The number of aryl methyl sites for hydroxylation is 1. The van der Waals surface area contributed by atoms with Gasteiger partial charge < -0.3 is 9.80 Å². The number of rotatable bonds is 6. The summed E-state index contributed by atoms with van der Waals surface area (Å²) in [5.74, 6) is -0.127. The quantitative estimate of drug-likeness (QED) is 0.496. The van der Waals surface area contributed by atoms with Crippen LogP contribution in [0.5, 0.6) is 0 Å². The minimum atomic E-state index is -3.78. The first-order chi connectivity index (χ1) is 17.6. The summed E-state index contributed by atoms with van der Waals surface area (Å²) >= 11 is 0. The summed E-state index contributed by atoms with van der Waals surface area (Å²) in [6.07, 6.45) is 2.61. The van der Waals surface area contributed by atoms with E-state index in [9.17, 15) is 18.0 Å². The molecule has 37 heavy (non-hydrogen) atoms. The summed E-state index contributed by atoms with van der Waals surface area (Å²) in [6, 6.07) is 16.3. The smallest absolute Gasteiger partial charge is 0.243 e. The summed E-state index contributed by atoms with van der Waals surface area (Å²) in [6.45, 7) is 3.21. The van der Waals surface area contributed by atoms with E-state index >= 15 is 0 Å². The zero-order valence-corrected chi connectivity index (χ0v) is 22.1. The molecule has 1 atom stereocenters. The van der Waals surface area contributed by atoms with Crippen molar-refractivity contribution in [2.75, 3.05) is 31.6 Å². The van der Waals surface area contributed by atoms with E-state index in [2.05, 4.69) is 5.10 Å². The lowest BCUT2D eigenvalue weighted by Crippen LogP contribution is -2.40. The van der Waals surface area contributed by atoms with Gasteiger partial charge in [-0.3, -0.25) is 14.3 Å². The first kappa shape index (κ1) is 25.2. The van der Waals surface area contributed by atoms with E-state index in [4.69, 9.17) is 0 Å². The van der Waals surface area contributed by atoms with Crippen molar-refractivity contribution in [3.05, 3.63) is 77.6 Å². The zero-order chi connectivity index (χ0) is 26.4. The third kappa shape index (κ3) is 4.67. The Kier molecular flexibility index (Phi) is 6.41. The van der Waals surface area contributed by atoms with Crippen molar-refractivity contribution < 1.29 is 18.0 Å². The summed E-state index contributed by atoms with van der Waals surface area (Å²) in [4.78, 5) is 29.3. The maximum Gasteiger partial charge on any atom is 0.243 e. The van der Waals surface area contributed by atoms with Crippen LogP contribution in [0.2, 0.25) is 0 Å². The lowest BCUT2D eigenvalue weighted by atomic mass is 9.81. The number of hydrogen-bond acceptors (Lipinski definition) is 5. The van der Waals surface area contributed by atoms with Crippen molar-refractivity contribution in [3.8, 4) is 0 Å². The molecule has 0 saturated carbocycles. The average molecular weight is 522 g/mol. The van der Waals surface area contributed by atoms with Gasteiger partial charge in [0.25, 0.3) is 0 Å². The molecular formula is C27H31N5O4S. The van der Waals surface area contributed by atoms with Gasteiger partial charge in [0.2, 0.25) is 21.8 Å². The predicted octanol–water partition coefficient (Wildman–Crippen LogP) is 2.32. The molecule has 2 amide bonds. The zero-order valence-electron chi connectivity index (χ0n) is 21.3. The van der Waals surface area contributed by atoms with Crippen LogP contribution >= 0.6 is 0 Å². The van der Waals surface area contributed by atoms with Gasteiger partial charge in [-0.2, -0.15) is 9.40 Å². The van der Waals surface area contributed by atoms with Crippen molar-refractivity contribution in [1.29, 1.82) is 0 Å². The maximum atomic E-state index is 13.5. The molecule has 2 aromatic carbocycles. The standard InChI is InChI=1S/C27H31N5O4S/c1-20(33)31-14-12-27(18-31)19-32(26(34)15-22-11-13-29(2)28-22)25-10-9-23(16-24(25)27)37(35,36)30(3)17-21-7-5-4-6-8-21/h4-11,13,16H,12,14-15,17-19H2,1-3H3. The molecule has 1 unspecified atom stereocenters. The fourth-order valence-electron chi connectivity index (χ4n) is 5.43. The molecule has 0 aliphatic carbocycles. The molecule has 2 aliphatic rings. The number of anilines is 1. The van der Waals surface area contributed by atoms with Crippen LogP contribution in [0, 0.1) is 0 Å². The van der Waals surface area contributed by atoms with Gasteiger partial charge in [0, 0.05) is 64.5 Å². The molecule has 9 nitrogen and oxygen atoms in total. The van der Waals surface area contributed by atoms with Crippen LogP contribution in [0.3, 0.4) is 0 Å².